The number of aromatic nitrogens is 2. The summed E-state index contributed by atoms with van der Waals surface area (Å²) < 4.78 is 0. The van der Waals surface area contributed by atoms with Gasteiger partial charge in [-0.1, -0.05) is 73.7 Å². The predicted molar refractivity (Wildman–Crippen MR) is 116 cm³/mol. The van der Waals surface area contributed by atoms with Gasteiger partial charge >= 0.3 is 6.03 Å². The number of anilines is 2. The smallest absolute Gasteiger partial charge is 0.319 e. The van der Waals surface area contributed by atoms with Gasteiger partial charge in [-0.05, 0) is 24.5 Å². The van der Waals surface area contributed by atoms with Gasteiger partial charge in [0.05, 0.1) is 0 Å². The average molecular weight is 410 g/mol. The SMILES string of the molecule is Cc1ccccc1NC(=O)NC(C(=O)Nc1nnc(-c2ccccc2)s1)C(C)C. The van der Waals surface area contributed by atoms with Crippen molar-refractivity contribution in [1.82, 2.24) is 15.5 Å². The van der Waals surface area contributed by atoms with Crippen molar-refractivity contribution in [2.24, 2.45) is 5.92 Å². The van der Waals surface area contributed by atoms with Crippen LogP contribution in [-0.2, 0) is 4.79 Å². The summed E-state index contributed by atoms with van der Waals surface area (Å²) in [6, 6.07) is 15.9. The highest BCUT2D eigenvalue weighted by Crippen LogP contribution is 2.26. The van der Waals surface area contributed by atoms with E-state index in [2.05, 4.69) is 26.1 Å². The first-order chi connectivity index (χ1) is 13.9. The van der Waals surface area contributed by atoms with Crippen molar-refractivity contribution in [2.45, 2.75) is 26.8 Å². The van der Waals surface area contributed by atoms with Crippen molar-refractivity contribution >= 4 is 34.1 Å². The largest absolute Gasteiger partial charge is 0.326 e. The van der Waals surface area contributed by atoms with Crippen LogP contribution in [0.15, 0.2) is 54.6 Å². The molecule has 0 bridgehead atoms. The lowest BCUT2D eigenvalue weighted by molar-refractivity contribution is -0.118. The van der Waals surface area contributed by atoms with Crippen molar-refractivity contribution in [3.05, 3.63) is 60.2 Å². The summed E-state index contributed by atoms with van der Waals surface area (Å²) in [5.41, 5.74) is 2.57. The molecular formula is C21H23N5O2S. The van der Waals surface area contributed by atoms with Crippen molar-refractivity contribution in [3.8, 4) is 10.6 Å². The number of benzene rings is 2. The second-order valence-corrected chi connectivity index (χ2v) is 7.88. The Bertz CT molecular complexity index is 988. The molecule has 2 aromatic carbocycles. The summed E-state index contributed by atoms with van der Waals surface area (Å²) in [6.45, 7) is 5.64. The molecule has 0 radical (unpaired) electrons. The molecule has 1 atom stereocenters. The molecule has 0 saturated carbocycles. The van der Waals surface area contributed by atoms with Crippen molar-refractivity contribution in [3.63, 3.8) is 0 Å². The molecule has 0 aliphatic rings. The third kappa shape index (κ3) is 5.39. The molecule has 0 fully saturated rings. The van der Waals surface area contributed by atoms with Gasteiger partial charge in [0.25, 0.3) is 0 Å². The number of carbonyl (C=O) groups excluding carboxylic acids is 2. The van der Waals surface area contributed by atoms with Crippen LogP contribution in [0, 0.1) is 12.8 Å². The van der Waals surface area contributed by atoms with Gasteiger partial charge in [-0.3, -0.25) is 10.1 Å². The van der Waals surface area contributed by atoms with Gasteiger partial charge in [-0.25, -0.2) is 4.79 Å². The third-order valence-corrected chi connectivity index (χ3v) is 5.19. The molecule has 3 N–H and O–H groups in total. The summed E-state index contributed by atoms with van der Waals surface area (Å²) in [6.07, 6.45) is 0. The number of carbonyl (C=O) groups is 2. The standard InChI is InChI=1S/C21H23N5O2S/c1-13(2)17(23-20(28)22-16-12-8-7-9-14(16)3)18(27)24-21-26-25-19(29-21)15-10-5-4-6-11-15/h4-13,17H,1-3H3,(H2,22,23,28)(H,24,26,27). The van der Waals surface area contributed by atoms with E-state index in [9.17, 15) is 9.59 Å². The van der Waals surface area contributed by atoms with Crippen LogP contribution in [-0.4, -0.2) is 28.2 Å². The number of nitrogens with zero attached hydrogens (tertiary/aromatic N) is 2. The molecule has 3 amide bonds. The fraction of sp³-hybridized carbons (Fsp3) is 0.238. The number of hydrogen-bond acceptors (Lipinski definition) is 5. The molecule has 1 aromatic heterocycles. The van der Waals surface area contributed by atoms with Crippen LogP contribution in [0.1, 0.15) is 19.4 Å². The lowest BCUT2D eigenvalue weighted by atomic mass is 10.0. The molecule has 29 heavy (non-hydrogen) atoms. The van der Waals surface area contributed by atoms with E-state index >= 15 is 0 Å². The van der Waals surface area contributed by atoms with Crippen molar-refractivity contribution in [1.29, 1.82) is 0 Å². The minimum absolute atomic E-state index is 0.112. The first-order valence-electron chi connectivity index (χ1n) is 9.27. The Morgan fingerprint density at radius 1 is 0.931 bits per heavy atom. The molecule has 0 aliphatic heterocycles. The van der Waals surface area contributed by atoms with Gasteiger partial charge in [-0.2, -0.15) is 0 Å². The zero-order valence-electron chi connectivity index (χ0n) is 16.5. The lowest BCUT2D eigenvalue weighted by Gasteiger charge is -2.21. The fourth-order valence-electron chi connectivity index (χ4n) is 2.70. The monoisotopic (exact) mass is 409 g/mol. The highest BCUT2D eigenvalue weighted by atomic mass is 32.1. The number of amides is 3. The van der Waals surface area contributed by atoms with Gasteiger partial charge in [0.2, 0.25) is 11.0 Å². The Morgan fingerprint density at radius 2 is 1.62 bits per heavy atom. The zero-order chi connectivity index (χ0) is 20.8. The van der Waals surface area contributed by atoms with E-state index in [1.54, 1.807) is 0 Å². The van der Waals surface area contributed by atoms with Crippen LogP contribution in [0.4, 0.5) is 15.6 Å². The Kier molecular flexibility index (Phi) is 6.56. The van der Waals surface area contributed by atoms with Crippen molar-refractivity contribution < 1.29 is 9.59 Å². The molecule has 1 unspecified atom stereocenters. The zero-order valence-corrected chi connectivity index (χ0v) is 17.3. The topological polar surface area (TPSA) is 96.0 Å². The highest BCUT2D eigenvalue weighted by Gasteiger charge is 2.25. The molecule has 7 nitrogen and oxygen atoms in total. The summed E-state index contributed by atoms with van der Waals surface area (Å²) >= 11 is 1.28. The normalized spacial score (nSPS) is 11.7. The van der Waals surface area contributed by atoms with Crippen LogP contribution in [0.3, 0.4) is 0 Å². The Hall–Kier alpha value is -3.26. The van der Waals surface area contributed by atoms with E-state index in [0.717, 1.165) is 11.1 Å². The van der Waals surface area contributed by atoms with Gasteiger partial charge in [0, 0.05) is 11.3 Å². The summed E-state index contributed by atoms with van der Waals surface area (Å²) in [5.74, 6) is -0.449. The maximum absolute atomic E-state index is 12.7. The van der Waals surface area contributed by atoms with Crippen LogP contribution < -0.4 is 16.0 Å². The van der Waals surface area contributed by atoms with Gasteiger partial charge < -0.3 is 10.6 Å². The molecule has 0 saturated heterocycles. The van der Waals surface area contributed by atoms with E-state index in [-0.39, 0.29) is 11.8 Å². The second kappa shape index (κ2) is 9.29. The molecule has 1 heterocycles. The lowest BCUT2D eigenvalue weighted by Crippen LogP contribution is -2.48. The molecule has 3 rings (SSSR count). The minimum atomic E-state index is -0.719. The molecular weight excluding hydrogens is 386 g/mol. The Balaban J connectivity index is 1.65. The number of hydrogen-bond donors (Lipinski definition) is 3. The predicted octanol–water partition coefficient (Wildman–Crippen LogP) is 4.30. The van der Waals surface area contributed by atoms with Crippen LogP contribution >= 0.6 is 11.3 Å². The highest BCUT2D eigenvalue weighted by molar-refractivity contribution is 7.18. The van der Waals surface area contributed by atoms with Crippen LogP contribution in [0.25, 0.3) is 10.6 Å². The van der Waals surface area contributed by atoms with E-state index in [1.807, 2.05) is 75.4 Å². The number of aryl methyl sites for hydroxylation is 1. The van der Waals surface area contributed by atoms with Crippen LogP contribution in [0.5, 0.6) is 0 Å². The maximum Gasteiger partial charge on any atom is 0.319 e. The van der Waals surface area contributed by atoms with E-state index in [0.29, 0.717) is 15.8 Å². The number of nitrogens with one attached hydrogen (secondary N) is 3. The Labute approximate surface area is 173 Å². The third-order valence-electron chi connectivity index (χ3n) is 4.30. The van der Waals surface area contributed by atoms with E-state index in [4.69, 9.17) is 0 Å². The summed E-state index contributed by atoms with van der Waals surface area (Å²) in [4.78, 5) is 25.1. The first-order valence-corrected chi connectivity index (χ1v) is 10.1. The molecule has 3 aromatic rings. The number of para-hydroxylation sites is 1. The number of urea groups is 1. The number of rotatable bonds is 6. The van der Waals surface area contributed by atoms with Gasteiger partial charge in [-0.15, -0.1) is 10.2 Å². The Morgan fingerprint density at radius 3 is 2.31 bits per heavy atom. The second-order valence-electron chi connectivity index (χ2n) is 6.90. The van der Waals surface area contributed by atoms with E-state index < -0.39 is 12.1 Å². The van der Waals surface area contributed by atoms with Crippen molar-refractivity contribution in [2.75, 3.05) is 10.6 Å². The quantitative estimate of drug-likeness (QED) is 0.566. The molecule has 0 aliphatic carbocycles. The molecule has 150 valence electrons. The molecule has 0 spiro atoms. The summed E-state index contributed by atoms with van der Waals surface area (Å²) in [7, 11) is 0. The van der Waals surface area contributed by atoms with E-state index in [1.165, 1.54) is 11.3 Å². The molecule has 8 heteroatoms. The van der Waals surface area contributed by atoms with Gasteiger partial charge in [0.1, 0.15) is 11.0 Å². The summed E-state index contributed by atoms with van der Waals surface area (Å²) in [5, 5.41) is 17.6. The van der Waals surface area contributed by atoms with Gasteiger partial charge in [0.15, 0.2) is 0 Å². The fourth-order valence-corrected chi connectivity index (χ4v) is 3.45. The average Bonchev–Trinajstić information content (AvgIpc) is 3.17. The minimum Gasteiger partial charge on any atom is -0.326 e. The first kappa shape index (κ1) is 20.5. The van der Waals surface area contributed by atoms with Crippen LogP contribution in [0.2, 0.25) is 0 Å². The maximum atomic E-state index is 12.7.